The maximum Gasteiger partial charge on any atom is 0.434 e. The summed E-state index contributed by atoms with van der Waals surface area (Å²) in [5.41, 5.74) is 4.10. The molecule has 0 saturated carbocycles. The minimum Gasteiger partial charge on any atom is -0.444 e. The lowest BCUT2D eigenvalue weighted by Gasteiger charge is -2.25. The van der Waals surface area contributed by atoms with Crippen molar-refractivity contribution < 1.29 is 62.7 Å². The van der Waals surface area contributed by atoms with Crippen LogP contribution in [0, 0.1) is 30.5 Å². The lowest BCUT2D eigenvalue weighted by Crippen LogP contribution is -2.37. The van der Waals surface area contributed by atoms with E-state index in [2.05, 4.69) is 39.9 Å². The van der Waals surface area contributed by atoms with Crippen molar-refractivity contribution in [2.75, 3.05) is 0 Å². The summed E-state index contributed by atoms with van der Waals surface area (Å²) in [6.45, 7) is 1.92. The summed E-state index contributed by atoms with van der Waals surface area (Å²) in [7, 11) is 0. The van der Waals surface area contributed by atoms with E-state index >= 15 is 0 Å². The van der Waals surface area contributed by atoms with Crippen molar-refractivity contribution in [1.29, 1.82) is 0 Å². The lowest BCUT2D eigenvalue weighted by atomic mass is 9.86. The molecule has 0 spiro atoms. The van der Waals surface area contributed by atoms with Crippen molar-refractivity contribution in [1.82, 2.24) is 54.6 Å². The van der Waals surface area contributed by atoms with Crippen LogP contribution in [-0.2, 0) is 37.8 Å². The van der Waals surface area contributed by atoms with Crippen LogP contribution in [0.25, 0.3) is 33.8 Å². The molecule has 97 heavy (non-hydrogen) atoms. The first-order valence-corrected chi connectivity index (χ1v) is 32.0. The fraction of sp³-hybridized carbons (Fsp3) is 0.347. The summed E-state index contributed by atoms with van der Waals surface area (Å²) >= 11 is 0. The zero-order valence-electron chi connectivity index (χ0n) is 52.1. The minimum atomic E-state index is -4.53. The number of benzene rings is 4. The largest absolute Gasteiger partial charge is 0.444 e. The standard InChI is InChI=1S/C25H22F3N3O.C24H20F4N4O.C23H21F3N4O2/c26-25(27,28)23-15-29-18(14-30-23)12-17-13-19-10-11-22(17)31(19)24(32)21-9-5-4-8-20(21)16-6-2-1-3-7-16;25-18-5-3-4-17(22(18)19-6-1-2-9-29-19)23(33)32-16-7-8-20(32)14(11-16)10-15-12-31-21(13-30-15)24(26,27)28;1-13-3-2-4-17(20(13)21-27-7-8-32-21)22(31)30-16-5-6-18(30)14(10-16)9-15-11-29-19(12-28-15)23(24,25)26/h1-9,14-15,17,19,22H,10-13H2;1-6,9,12-14,16,20H,7-8,10-11H2;2-4,7-8,11-12,14,16,18H,5-6,9-10H2,1H3. The van der Waals surface area contributed by atoms with Crippen LogP contribution in [0.3, 0.4) is 0 Å². The quantitative estimate of drug-likeness (QED) is 0.106. The number of halogens is 10. The zero-order chi connectivity index (χ0) is 67.9. The molecule has 11 heterocycles. The van der Waals surface area contributed by atoms with Crippen LogP contribution >= 0.6 is 0 Å². The molecule has 9 aromatic rings. The Kier molecular flexibility index (Phi) is 18.3. The molecule has 15 rings (SSSR count). The van der Waals surface area contributed by atoms with Gasteiger partial charge in [0.05, 0.1) is 64.3 Å². The highest BCUT2D eigenvalue weighted by molar-refractivity contribution is 6.03. The molecular formula is C72H63F10N11O4. The smallest absolute Gasteiger partial charge is 0.434 e. The number of hydrogen-bond acceptors (Lipinski definition) is 12. The molecule has 6 saturated heterocycles. The van der Waals surface area contributed by atoms with E-state index < -0.39 is 41.4 Å². The van der Waals surface area contributed by atoms with Gasteiger partial charge in [-0.3, -0.25) is 34.3 Å². The van der Waals surface area contributed by atoms with E-state index in [0.29, 0.717) is 64.6 Å². The molecule has 3 amide bonds. The minimum absolute atomic E-state index is 0.00903. The average Bonchev–Trinajstić information content (AvgIpc) is 1.63. The molecule has 9 atom stereocenters. The van der Waals surface area contributed by atoms with Crippen molar-refractivity contribution in [3.8, 4) is 33.8 Å². The molecule has 15 nitrogen and oxygen atoms in total. The van der Waals surface area contributed by atoms with Crippen molar-refractivity contribution in [3.05, 3.63) is 227 Å². The molecule has 6 aliphatic rings. The average molecular weight is 1340 g/mol. The van der Waals surface area contributed by atoms with Crippen molar-refractivity contribution in [2.24, 2.45) is 17.8 Å². The van der Waals surface area contributed by atoms with E-state index in [1.54, 1.807) is 42.7 Å². The van der Waals surface area contributed by atoms with Gasteiger partial charge in [0.2, 0.25) is 5.89 Å². The summed E-state index contributed by atoms with van der Waals surface area (Å²) in [5, 5.41) is 0. The second-order valence-corrected chi connectivity index (χ2v) is 25.4. The number of oxazole rings is 1. The van der Waals surface area contributed by atoms with Gasteiger partial charge >= 0.3 is 18.5 Å². The van der Waals surface area contributed by atoms with Crippen LogP contribution in [0.5, 0.6) is 0 Å². The Morgan fingerprint density at radius 3 is 1.31 bits per heavy atom. The van der Waals surface area contributed by atoms with Crippen LogP contribution < -0.4 is 0 Å². The Hall–Kier alpha value is -9.81. The molecule has 0 aliphatic carbocycles. The van der Waals surface area contributed by atoms with E-state index in [1.165, 1.54) is 30.8 Å². The van der Waals surface area contributed by atoms with Gasteiger partial charge in [0, 0.05) is 72.2 Å². The molecule has 6 bridgehead atoms. The summed E-state index contributed by atoms with van der Waals surface area (Å²) in [6.07, 6.45) is 6.08. The number of carbonyl (C=O) groups excluding carboxylic acids is 3. The molecule has 6 fully saturated rings. The van der Waals surface area contributed by atoms with Gasteiger partial charge in [-0.1, -0.05) is 72.8 Å². The first kappa shape index (κ1) is 65.8. The monoisotopic (exact) mass is 1340 g/mol. The van der Waals surface area contributed by atoms with Gasteiger partial charge in [-0.05, 0) is 155 Å². The van der Waals surface area contributed by atoms with E-state index in [4.69, 9.17) is 4.42 Å². The molecule has 0 radical (unpaired) electrons. The van der Waals surface area contributed by atoms with Gasteiger partial charge < -0.3 is 19.1 Å². The topological polar surface area (TPSA) is 177 Å². The van der Waals surface area contributed by atoms with E-state index in [-0.39, 0.29) is 82.9 Å². The van der Waals surface area contributed by atoms with Gasteiger partial charge in [-0.25, -0.2) is 24.3 Å². The van der Waals surface area contributed by atoms with Gasteiger partial charge in [-0.2, -0.15) is 39.5 Å². The summed E-state index contributed by atoms with van der Waals surface area (Å²) < 4.78 is 135. The lowest BCUT2D eigenvalue weighted by molar-refractivity contribution is -0.142. The number of aromatic nitrogens is 8. The molecule has 6 aliphatic heterocycles. The number of amides is 3. The molecule has 500 valence electrons. The SMILES string of the molecule is Cc1cccc(C(=O)N2C3CCC2C(Cc2cnc(C(F)(F)F)cn2)C3)c1-c1ncco1.O=C(c1cccc(F)c1-c1ccccn1)N1C2CCC1C(Cc1cnc(C(F)(F)F)cn1)C2.O=C(c1ccccc1-c1ccccc1)N1C2CCC1C(Cc1cnc(C(F)(F)F)cn1)C2. The van der Waals surface area contributed by atoms with E-state index in [1.807, 2.05) is 88.4 Å². The summed E-state index contributed by atoms with van der Waals surface area (Å²) in [5.74, 6) is -0.00813. The normalized spacial score (nSPS) is 22.3. The Morgan fingerprint density at radius 2 is 0.876 bits per heavy atom. The van der Waals surface area contributed by atoms with Crippen LogP contribution in [0.4, 0.5) is 43.9 Å². The third-order valence-corrected chi connectivity index (χ3v) is 19.7. The fourth-order valence-corrected chi connectivity index (χ4v) is 15.5. The molecule has 0 N–H and O–H groups in total. The highest BCUT2D eigenvalue weighted by Gasteiger charge is 2.52. The Balaban J connectivity index is 0.000000131. The third-order valence-electron chi connectivity index (χ3n) is 19.7. The summed E-state index contributed by atoms with van der Waals surface area (Å²) in [6, 6.07) is 32.9. The fourth-order valence-electron chi connectivity index (χ4n) is 15.5. The van der Waals surface area contributed by atoms with Gasteiger partial charge in [0.1, 0.15) is 12.1 Å². The Morgan fingerprint density at radius 1 is 0.443 bits per heavy atom. The van der Waals surface area contributed by atoms with Crippen LogP contribution in [0.1, 0.15) is 129 Å². The third kappa shape index (κ3) is 13.7. The first-order chi connectivity index (χ1) is 46.6. The van der Waals surface area contributed by atoms with Crippen molar-refractivity contribution >= 4 is 17.7 Å². The number of alkyl halides is 9. The number of nitrogens with zero attached hydrogens (tertiary/aromatic N) is 11. The number of rotatable bonds is 12. The zero-order valence-corrected chi connectivity index (χ0v) is 52.1. The van der Waals surface area contributed by atoms with Gasteiger partial charge in [0.15, 0.2) is 17.1 Å². The second-order valence-electron chi connectivity index (χ2n) is 25.4. The van der Waals surface area contributed by atoms with Crippen molar-refractivity contribution in [2.45, 2.75) is 139 Å². The number of carbonyl (C=O) groups is 3. The van der Waals surface area contributed by atoms with Gasteiger partial charge in [-0.15, -0.1) is 0 Å². The highest BCUT2D eigenvalue weighted by atomic mass is 19.4. The predicted molar refractivity (Wildman–Crippen MR) is 334 cm³/mol. The Labute approximate surface area is 550 Å². The van der Waals surface area contributed by atoms with E-state index in [0.717, 1.165) is 99.3 Å². The molecule has 4 aromatic carbocycles. The summed E-state index contributed by atoms with van der Waals surface area (Å²) in [4.78, 5) is 77.5. The first-order valence-electron chi connectivity index (χ1n) is 32.0. The second kappa shape index (κ2) is 27.0. The van der Waals surface area contributed by atoms with Crippen molar-refractivity contribution in [3.63, 3.8) is 0 Å². The molecule has 9 unspecified atom stereocenters. The Bertz CT molecular complexity index is 4280. The number of aryl methyl sites for hydroxylation is 1. The number of pyridine rings is 1. The molecule has 25 heteroatoms. The number of fused-ring (bicyclic) bond motifs is 6. The maximum absolute atomic E-state index is 14.8. The highest BCUT2D eigenvalue weighted by Crippen LogP contribution is 2.48. The van der Waals surface area contributed by atoms with Crippen LogP contribution in [0.2, 0.25) is 0 Å². The molecular weight excluding hydrogens is 1270 g/mol. The van der Waals surface area contributed by atoms with Crippen LogP contribution in [0.15, 0.2) is 169 Å². The number of hydrogen-bond donors (Lipinski definition) is 0. The van der Waals surface area contributed by atoms with E-state index in [9.17, 15) is 58.3 Å². The predicted octanol–water partition coefficient (Wildman–Crippen LogP) is 15.0. The molecule has 5 aromatic heterocycles. The maximum atomic E-state index is 14.8. The van der Waals surface area contributed by atoms with Gasteiger partial charge in [0.25, 0.3) is 17.7 Å². The van der Waals surface area contributed by atoms with Crippen LogP contribution in [-0.4, -0.2) is 109 Å².